The van der Waals surface area contributed by atoms with Gasteiger partial charge in [0.1, 0.15) is 0 Å². The van der Waals surface area contributed by atoms with Gasteiger partial charge in [0.2, 0.25) is 0 Å². The van der Waals surface area contributed by atoms with E-state index in [1.165, 1.54) is 0 Å². The highest BCUT2D eigenvalue weighted by molar-refractivity contribution is 14.1. The third-order valence-electron chi connectivity index (χ3n) is 3.27. The highest BCUT2D eigenvalue weighted by atomic mass is 127. The van der Waals surface area contributed by atoms with Crippen LogP contribution in [0.4, 0.5) is 0 Å². The Bertz CT molecular complexity index is 485. The maximum absolute atomic E-state index is 12.3. The minimum absolute atomic E-state index is 0.00206. The van der Waals surface area contributed by atoms with Gasteiger partial charge in [-0.15, -0.1) is 0 Å². The number of carbonyl (C=O) groups excluding carboxylic acids is 1. The Morgan fingerprint density at radius 3 is 2.42 bits per heavy atom. The molecule has 0 unspecified atom stereocenters. The lowest BCUT2D eigenvalue weighted by atomic mass is 9.93. The zero-order chi connectivity index (χ0) is 14.0. The van der Waals surface area contributed by atoms with Gasteiger partial charge < -0.3 is 10.4 Å². The minimum Gasteiger partial charge on any atom is -0.393 e. The van der Waals surface area contributed by atoms with Gasteiger partial charge in [0.15, 0.2) is 0 Å². The molecule has 1 aromatic rings. The first-order valence-corrected chi connectivity index (χ1v) is 9.34. The molecule has 0 aliphatic heterocycles. The first-order chi connectivity index (χ1) is 8.97. The number of rotatable bonds is 2. The summed E-state index contributed by atoms with van der Waals surface area (Å²) in [6.07, 6.45) is 3.11. The van der Waals surface area contributed by atoms with E-state index in [9.17, 15) is 9.90 Å². The summed E-state index contributed by atoms with van der Waals surface area (Å²) < 4.78 is 3.19. The number of hydrogen-bond acceptors (Lipinski definition) is 2. The van der Waals surface area contributed by atoms with Crippen LogP contribution in [0.5, 0.6) is 0 Å². The van der Waals surface area contributed by atoms with Crippen molar-refractivity contribution in [3.63, 3.8) is 0 Å². The smallest absolute Gasteiger partial charge is 0.252 e. The molecular formula is C13H14I3NO2. The first kappa shape index (κ1) is 16.2. The van der Waals surface area contributed by atoms with Gasteiger partial charge in [-0.2, -0.15) is 0 Å². The molecule has 19 heavy (non-hydrogen) atoms. The highest BCUT2D eigenvalue weighted by Crippen LogP contribution is 2.24. The Morgan fingerprint density at radius 1 is 1.16 bits per heavy atom. The second kappa shape index (κ2) is 7.21. The fourth-order valence-corrected chi connectivity index (χ4v) is 4.61. The molecule has 0 saturated heterocycles. The molecule has 1 fully saturated rings. The van der Waals surface area contributed by atoms with Gasteiger partial charge >= 0.3 is 0 Å². The maximum atomic E-state index is 12.3. The molecule has 3 nitrogen and oxygen atoms in total. The summed E-state index contributed by atoms with van der Waals surface area (Å²) in [6.45, 7) is 0. The van der Waals surface area contributed by atoms with Crippen molar-refractivity contribution in [3.8, 4) is 0 Å². The van der Waals surface area contributed by atoms with E-state index < -0.39 is 0 Å². The average molecular weight is 597 g/mol. The number of aliphatic hydroxyl groups excluding tert-OH is 1. The van der Waals surface area contributed by atoms with Crippen LogP contribution in [0.2, 0.25) is 0 Å². The van der Waals surface area contributed by atoms with Crippen molar-refractivity contribution in [1.29, 1.82) is 0 Å². The lowest BCUT2D eigenvalue weighted by Gasteiger charge is -2.26. The van der Waals surface area contributed by atoms with Gasteiger partial charge in [0.05, 0.1) is 11.7 Å². The monoisotopic (exact) mass is 597 g/mol. The first-order valence-electron chi connectivity index (χ1n) is 6.11. The summed E-state index contributed by atoms with van der Waals surface area (Å²) in [5, 5.41) is 12.6. The summed E-state index contributed by atoms with van der Waals surface area (Å²) >= 11 is 6.71. The average Bonchev–Trinajstić information content (AvgIpc) is 2.36. The van der Waals surface area contributed by atoms with E-state index in [0.717, 1.165) is 42.0 Å². The normalized spacial score (nSPS) is 23.2. The number of aliphatic hydroxyl groups is 1. The van der Waals surface area contributed by atoms with Crippen molar-refractivity contribution in [2.45, 2.75) is 37.8 Å². The fourth-order valence-electron chi connectivity index (χ4n) is 2.20. The number of carbonyl (C=O) groups is 1. The van der Waals surface area contributed by atoms with Crippen LogP contribution in [-0.2, 0) is 0 Å². The number of halogens is 3. The van der Waals surface area contributed by atoms with Crippen molar-refractivity contribution < 1.29 is 9.90 Å². The molecule has 1 saturated carbocycles. The topological polar surface area (TPSA) is 49.3 Å². The largest absolute Gasteiger partial charge is 0.393 e. The molecule has 2 N–H and O–H groups in total. The molecule has 1 aliphatic rings. The van der Waals surface area contributed by atoms with Gasteiger partial charge in [-0.25, -0.2) is 0 Å². The van der Waals surface area contributed by atoms with Gasteiger partial charge in [0.25, 0.3) is 5.91 Å². The van der Waals surface area contributed by atoms with Gasteiger partial charge in [-0.05, 0) is 106 Å². The third-order valence-corrected chi connectivity index (χ3v) is 6.94. The molecule has 0 spiro atoms. The predicted molar refractivity (Wildman–Crippen MR) is 100 cm³/mol. The summed E-state index contributed by atoms with van der Waals surface area (Å²) in [5.74, 6) is 0.00206. The highest BCUT2D eigenvalue weighted by Gasteiger charge is 2.22. The van der Waals surface area contributed by atoms with E-state index >= 15 is 0 Å². The molecule has 1 amide bonds. The number of nitrogens with one attached hydrogen (secondary N) is 1. The van der Waals surface area contributed by atoms with Gasteiger partial charge in [-0.1, -0.05) is 0 Å². The van der Waals surface area contributed by atoms with Gasteiger partial charge in [0, 0.05) is 16.8 Å². The number of amides is 1. The van der Waals surface area contributed by atoms with E-state index in [1.807, 2.05) is 6.07 Å². The SMILES string of the molecule is O=C(NC1CCC(O)CC1)c1cc(I)cc(I)c1I. The second-order valence-corrected chi connectivity index (χ2v) is 8.21. The molecule has 0 atom stereocenters. The zero-order valence-electron chi connectivity index (χ0n) is 10.1. The number of hydrogen-bond donors (Lipinski definition) is 2. The molecule has 0 aromatic heterocycles. The molecule has 6 heteroatoms. The Hall–Kier alpha value is 0.840. The van der Waals surface area contributed by atoms with Crippen LogP contribution in [0.1, 0.15) is 36.0 Å². The Morgan fingerprint density at radius 2 is 1.79 bits per heavy atom. The summed E-state index contributed by atoms with van der Waals surface area (Å²) in [5.41, 5.74) is 0.753. The molecule has 0 heterocycles. The van der Waals surface area contributed by atoms with E-state index in [1.54, 1.807) is 0 Å². The van der Waals surface area contributed by atoms with Crippen LogP contribution in [0.25, 0.3) is 0 Å². The summed E-state index contributed by atoms with van der Waals surface area (Å²) in [6, 6.07) is 4.19. The second-order valence-electron chi connectivity index (χ2n) is 4.73. The van der Waals surface area contributed by atoms with Crippen LogP contribution in [-0.4, -0.2) is 23.2 Å². The van der Waals surface area contributed by atoms with E-state index in [-0.39, 0.29) is 18.1 Å². The summed E-state index contributed by atoms with van der Waals surface area (Å²) in [7, 11) is 0. The molecule has 2 rings (SSSR count). The van der Waals surface area contributed by atoms with Crippen molar-refractivity contribution >= 4 is 73.7 Å². The lowest BCUT2D eigenvalue weighted by Crippen LogP contribution is -2.39. The maximum Gasteiger partial charge on any atom is 0.252 e. The van der Waals surface area contributed by atoms with E-state index in [2.05, 4.69) is 79.2 Å². The molecule has 1 aromatic carbocycles. The van der Waals surface area contributed by atoms with Crippen LogP contribution in [0.15, 0.2) is 12.1 Å². The molecule has 104 valence electrons. The molecule has 0 radical (unpaired) electrons. The van der Waals surface area contributed by atoms with Crippen molar-refractivity contribution in [3.05, 3.63) is 28.4 Å². The third kappa shape index (κ3) is 4.40. The van der Waals surface area contributed by atoms with Crippen LogP contribution in [0, 0.1) is 10.7 Å². The fraction of sp³-hybridized carbons (Fsp3) is 0.462. The molecule has 1 aliphatic carbocycles. The van der Waals surface area contributed by atoms with Crippen LogP contribution < -0.4 is 5.32 Å². The van der Waals surface area contributed by atoms with Crippen molar-refractivity contribution in [1.82, 2.24) is 5.32 Å². The quantitative estimate of drug-likeness (QED) is 0.406. The van der Waals surface area contributed by atoms with Crippen molar-refractivity contribution in [2.75, 3.05) is 0 Å². The Kier molecular flexibility index (Phi) is 6.15. The zero-order valence-corrected chi connectivity index (χ0v) is 16.6. The molecular weight excluding hydrogens is 583 g/mol. The minimum atomic E-state index is -0.188. The lowest BCUT2D eigenvalue weighted by molar-refractivity contribution is 0.0866. The van der Waals surface area contributed by atoms with Crippen molar-refractivity contribution in [2.24, 2.45) is 0 Å². The summed E-state index contributed by atoms with van der Waals surface area (Å²) in [4.78, 5) is 12.3. The Labute approximate surface area is 153 Å². The van der Waals surface area contributed by atoms with Crippen LogP contribution >= 0.6 is 67.8 Å². The predicted octanol–water partition coefficient (Wildman–Crippen LogP) is 3.53. The van der Waals surface area contributed by atoms with Gasteiger partial charge in [-0.3, -0.25) is 4.79 Å². The standard InChI is InChI=1S/C13H14I3NO2/c14-7-5-10(12(16)11(15)6-7)13(19)17-8-1-3-9(18)4-2-8/h5-6,8-9,18H,1-4H2,(H,17,19). The number of benzene rings is 1. The van der Waals surface area contributed by atoms with E-state index in [0.29, 0.717) is 0 Å². The Balaban J connectivity index is 2.08. The molecule has 0 bridgehead atoms. The van der Waals surface area contributed by atoms with E-state index in [4.69, 9.17) is 0 Å². The van der Waals surface area contributed by atoms with Crippen LogP contribution in [0.3, 0.4) is 0 Å².